The smallest absolute Gasteiger partial charge is 0.0104 e. The fraction of sp³-hybridized carbons (Fsp3) is 0.450. The Bertz CT molecular complexity index is 1120. The van der Waals surface area contributed by atoms with E-state index >= 15 is 0 Å². The lowest BCUT2D eigenvalue weighted by atomic mass is 9.72. The molecule has 0 amide bonds. The minimum Gasteiger partial charge on any atom is -0.0696 e. The van der Waals surface area contributed by atoms with E-state index in [1.165, 1.54) is 72.0 Å². The van der Waals surface area contributed by atoms with Crippen LogP contribution >= 0.6 is 0 Å². The molecule has 216 valence electrons. The third kappa shape index (κ3) is 11.3. The molecule has 2 rings (SSSR count). The van der Waals surface area contributed by atoms with Crippen LogP contribution in [0, 0.1) is 10.8 Å². The largest absolute Gasteiger partial charge is 0.0696 e. The summed E-state index contributed by atoms with van der Waals surface area (Å²) in [5.74, 6) is 0. The molecule has 0 N–H and O–H groups in total. The van der Waals surface area contributed by atoms with E-state index in [2.05, 4.69) is 154 Å². The van der Waals surface area contributed by atoms with E-state index in [0.717, 1.165) is 0 Å². The highest BCUT2D eigenvalue weighted by atomic mass is 14.3. The molecule has 0 aromatic rings. The van der Waals surface area contributed by atoms with Crippen LogP contribution in [0.25, 0.3) is 0 Å². The second kappa shape index (κ2) is 15.8. The molecule has 0 aromatic heterocycles. The maximum absolute atomic E-state index is 2.37. The van der Waals surface area contributed by atoms with E-state index in [1.807, 2.05) is 0 Å². The van der Waals surface area contributed by atoms with Crippen LogP contribution in [0.1, 0.15) is 108 Å². The van der Waals surface area contributed by atoms with Crippen molar-refractivity contribution in [1.29, 1.82) is 0 Å². The molecule has 0 heteroatoms. The van der Waals surface area contributed by atoms with E-state index in [-0.39, 0.29) is 0 Å². The maximum Gasteiger partial charge on any atom is -0.0104 e. The van der Waals surface area contributed by atoms with Gasteiger partial charge in [0.25, 0.3) is 0 Å². The van der Waals surface area contributed by atoms with Crippen LogP contribution in [-0.2, 0) is 0 Å². The van der Waals surface area contributed by atoms with Crippen LogP contribution in [0.2, 0.25) is 0 Å². The van der Waals surface area contributed by atoms with Crippen LogP contribution in [-0.4, -0.2) is 0 Å². The SMILES string of the molecule is CC1=C(/C=C/C(C)=C\C=C/C(C)=C/C=C/C=C(C)/C=C\C=C(C)/C=C/C2=C(C)CCCC2(C)C)C(C)(C)CCC1. The molecule has 0 unspecified atom stereocenters. The van der Waals surface area contributed by atoms with Gasteiger partial charge < -0.3 is 0 Å². The second-order valence-corrected chi connectivity index (χ2v) is 13.3. The lowest BCUT2D eigenvalue weighted by Gasteiger charge is -2.33. The molecular formula is C40H56. The molecule has 0 atom stereocenters. The lowest BCUT2D eigenvalue weighted by molar-refractivity contribution is 0.376. The average molecular weight is 537 g/mol. The Morgan fingerprint density at radius 2 is 0.825 bits per heavy atom. The number of hydrogen-bond acceptors (Lipinski definition) is 0. The van der Waals surface area contributed by atoms with Crippen molar-refractivity contribution in [2.75, 3.05) is 0 Å². The Kier molecular flexibility index (Phi) is 13.2. The van der Waals surface area contributed by atoms with Gasteiger partial charge in [0.15, 0.2) is 0 Å². The summed E-state index contributed by atoms with van der Waals surface area (Å²) in [5.41, 5.74) is 11.7. The van der Waals surface area contributed by atoms with Gasteiger partial charge in [-0.1, -0.05) is 146 Å². The highest BCUT2D eigenvalue weighted by Gasteiger charge is 2.27. The van der Waals surface area contributed by atoms with E-state index in [0.29, 0.717) is 10.8 Å². The fourth-order valence-corrected chi connectivity index (χ4v) is 5.79. The summed E-state index contributed by atoms with van der Waals surface area (Å²) in [6.45, 7) is 22.7. The first-order valence-corrected chi connectivity index (χ1v) is 15.3. The normalized spacial score (nSPS) is 21.9. The molecule has 0 radical (unpaired) electrons. The quantitative estimate of drug-likeness (QED) is 0.244. The van der Waals surface area contributed by atoms with Crippen molar-refractivity contribution in [3.8, 4) is 0 Å². The van der Waals surface area contributed by atoms with Gasteiger partial charge in [-0.05, 0) is 102 Å². The van der Waals surface area contributed by atoms with E-state index in [9.17, 15) is 0 Å². The maximum atomic E-state index is 2.37. The number of allylic oxidation sites excluding steroid dienone is 22. The Hall–Kier alpha value is -2.86. The van der Waals surface area contributed by atoms with Crippen LogP contribution in [0.15, 0.2) is 130 Å². The van der Waals surface area contributed by atoms with Crippen LogP contribution in [0.5, 0.6) is 0 Å². The minimum absolute atomic E-state index is 0.291. The van der Waals surface area contributed by atoms with Crippen molar-refractivity contribution in [3.63, 3.8) is 0 Å². The Morgan fingerprint density at radius 1 is 0.500 bits per heavy atom. The predicted octanol–water partition coefficient (Wildman–Crippen LogP) is 12.6. The highest BCUT2D eigenvalue weighted by Crippen LogP contribution is 2.41. The zero-order valence-corrected chi connectivity index (χ0v) is 27.3. The number of hydrogen-bond donors (Lipinski definition) is 0. The average Bonchev–Trinajstić information content (AvgIpc) is 2.85. The summed E-state index contributed by atoms with van der Waals surface area (Å²) >= 11 is 0. The minimum atomic E-state index is 0.291. The molecule has 2 aliphatic carbocycles. The third-order valence-corrected chi connectivity index (χ3v) is 8.38. The van der Waals surface area contributed by atoms with Crippen molar-refractivity contribution in [2.45, 2.75) is 108 Å². The molecule has 0 aliphatic heterocycles. The molecule has 0 fully saturated rings. The first-order valence-electron chi connectivity index (χ1n) is 15.3. The van der Waals surface area contributed by atoms with Gasteiger partial charge in [-0.25, -0.2) is 0 Å². The van der Waals surface area contributed by atoms with Gasteiger partial charge in [0.1, 0.15) is 0 Å². The molecule has 40 heavy (non-hydrogen) atoms. The lowest BCUT2D eigenvalue weighted by Crippen LogP contribution is -2.19. The first-order chi connectivity index (χ1) is 18.8. The van der Waals surface area contributed by atoms with Crippen LogP contribution in [0.3, 0.4) is 0 Å². The number of rotatable bonds is 10. The Labute approximate surface area is 247 Å². The predicted molar refractivity (Wildman–Crippen MR) is 181 cm³/mol. The standard InChI is InChI=1S/C40H56/c1-31(19-13-21-33(3)25-27-37-35(5)23-15-29-39(37,7)8)17-11-12-18-32(2)20-14-22-34(4)26-28-38-36(6)24-16-30-40(38,9)10/h11-14,17-22,25-28H,15-16,23-24,29-30H2,1-10H3/b12-11+,19-13-,20-14-,27-25+,28-26+,31-17+,32-18+,33-21-,34-22-. The molecule has 0 saturated carbocycles. The molecule has 2 aliphatic rings. The molecular weight excluding hydrogens is 480 g/mol. The summed E-state index contributed by atoms with van der Waals surface area (Å²) in [4.78, 5) is 0. The van der Waals surface area contributed by atoms with Gasteiger partial charge in [0.05, 0.1) is 0 Å². The first kappa shape index (κ1) is 33.3. The van der Waals surface area contributed by atoms with E-state index in [4.69, 9.17) is 0 Å². The van der Waals surface area contributed by atoms with Gasteiger partial charge in [-0.3, -0.25) is 0 Å². The monoisotopic (exact) mass is 536 g/mol. The summed E-state index contributed by atoms with van der Waals surface area (Å²) in [7, 11) is 0. The van der Waals surface area contributed by atoms with Gasteiger partial charge in [0.2, 0.25) is 0 Å². The van der Waals surface area contributed by atoms with Gasteiger partial charge in [-0.2, -0.15) is 0 Å². The van der Waals surface area contributed by atoms with Gasteiger partial charge >= 0.3 is 0 Å². The van der Waals surface area contributed by atoms with Crippen molar-refractivity contribution in [1.82, 2.24) is 0 Å². The van der Waals surface area contributed by atoms with E-state index < -0.39 is 0 Å². The summed E-state index contributed by atoms with van der Waals surface area (Å²) < 4.78 is 0. The fourth-order valence-electron chi connectivity index (χ4n) is 5.79. The molecule has 0 saturated heterocycles. The second-order valence-electron chi connectivity index (χ2n) is 13.3. The Morgan fingerprint density at radius 3 is 1.18 bits per heavy atom. The zero-order chi connectivity index (χ0) is 29.8. The molecule has 0 heterocycles. The zero-order valence-electron chi connectivity index (χ0n) is 27.3. The summed E-state index contributed by atoms with van der Waals surface area (Å²) in [6, 6.07) is 0. The van der Waals surface area contributed by atoms with Crippen molar-refractivity contribution in [3.05, 3.63) is 130 Å². The van der Waals surface area contributed by atoms with Crippen molar-refractivity contribution in [2.24, 2.45) is 10.8 Å². The summed E-state index contributed by atoms with van der Waals surface area (Å²) in [6.07, 6.45) is 38.4. The third-order valence-electron chi connectivity index (χ3n) is 8.38. The Balaban J connectivity index is 1.89. The van der Waals surface area contributed by atoms with Crippen molar-refractivity contribution < 1.29 is 0 Å². The highest BCUT2D eigenvalue weighted by molar-refractivity contribution is 5.39. The van der Waals surface area contributed by atoms with Crippen LogP contribution < -0.4 is 0 Å². The van der Waals surface area contributed by atoms with Gasteiger partial charge in [-0.15, -0.1) is 0 Å². The molecule has 0 spiro atoms. The topological polar surface area (TPSA) is 0 Å². The van der Waals surface area contributed by atoms with Gasteiger partial charge in [0, 0.05) is 0 Å². The summed E-state index contributed by atoms with van der Waals surface area (Å²) in [5, 5.41) is 0. The molecule has 0 nitrogen and oxygen atoms in total. The molecule has 0 bridgehead atoms. The van der Waals surface area contributed by atoms with E-state index in [1.54, 1.807) is 11.1 Å². The van der Waals surface area contributed by atoms with Crippen molar-refractivity contribution >= 4 is 0 Å². The molecule has 0 aromatic carbocycles. The van der Waals surface area contributed by atoms with Crippen LogP contribution in [0.4, 0.5) is 0 Å².